The fraction of sp³-hybridized carbons (Fsp3) is 0. The molecule has 150 valence electrons. The molecule has 0 spiro atoms. The maximum atomic E-state index is 13.4. The first kappa shape index (κ1) is 19.5. The van der Waals surface area contributed by atoms with Gasteiger partial charge in [-0.15, -0.1) is 10.2 Å². The molecule has 0 aliphatic rings. The van der Waals surface area contributed by atoms with Crippen molar-refractivity contribution < 1.29 is 18.1 Å². The Labute approximate surface area is 172 Å². The molecule has 30 heavy (non-hydrogen) atoms. The highest BCUT2D eigenvalue weighted by Gasteiger charge is 2.16. The first-order valence-electron chi connectivity index (χ1n) is 8.56. The van der Waals surface area contributed by atoms with Crippen LogP contribution in [0.25, 0.3) is 23.2 Å². The minimum absolute atomic E-state index is 0.306. The molecule has 0 aliphatic carbocycles. The van der Waals surface area contributed by atoms with Crippen LogP contribution in [0.1, 0.15) is 5.76 Å². The largest absolute Gasteiger partial charge is 0.433 e. The lowest BCUT2D eigenvalue weighted by Gasteiger charge is -2.09. The highest BCUT2D eigenvalue weighted by molar-refractivity contribution is 8.02. The van der Waals surface area contributed by atoms with Crippen LogP contribution in [0.15, 0.2) is 75.6 Å². The summed E-state index contributed by atoms with van der Waals surface area (Å²) in [5, 5.41) is 21.2. The van der Waals surface area contributed by atoms with Crippen LogP contribution in [0.5, 0.6) is 0 Å². The lowest BCUT2D eigenvalue weighted by molar-refractivity contribution is -0.402. The maximum absolute atomic E-state index is 13.4. The Balaban J connectivity index is 1.68. The van der Waals surface area contributed by atoms with Gasteiger partial charge in [-0.2, -0.15) is 0 Å². The summed E-state index contributed by atoms with van der Waals surface area (Å²) in [6, 6.07) is 14.3. The molecule has 0 aliphatic heterocycles. The van der Waals surface area contributed by atoms with E-state index in [1.54, 1.807) is 40.3 Å². The lowest BCUT2D eigenvalue weighted by Crippen LogP contribution is -1.99. The van der Waals surface area contributed by atoms with Crippen molar-refractivity contribution in [1.29, 1.82) is 0 Å². The van der Waals surface area contributed by atoms with Crippen LogP contribution in [0.4, 0.5) is 14.7 Å². The first-order valence-corrected chi connectivity index (χ1v) is 9.44. The van der Waals surface area contributed by atoms with E-state index in [1.807, 2.05) is 0 Å². The summed E-state index contributed by atoms with van der Waals surface area (Å²) >= 11 is 1.19. The van der Waals surface area contributed by atoms with Gasteiger partial charge >= 0.3 is 5.88 Å². The Morgan fingerprint density at radius 3 is 2.27 bits per heavy atom. The lowest BCUT2D eigenvalue weighted by atomic mass is 10.2. The zero-order valence-electron chi connectivity index (χ0n) is 15.1. The molecular weight excluding hydrogens is 414 g/mol. The number of thioether (sulfide) groups is 1. The number of halogens is 2. The van der Waals surface area contributed by atoms with E-state index in [0.29, 0.717) is 28.0 Å². The van der Waals surface area contributed by atoms with Crippen LogP contribution in [0, 0.1) is 21.7 Å². The van der Waals surface area contributed by atoms with E-state index < -0.39 is 4.92 Å². The molecular formula is C20H12F2N4O3S. The minimum Gasteiger partial charge on any atom is -0.401 e. The third-order valence-electron chi connectivity index (χ3n) is 4.02. The van der Waals surface area contributed by atoms with Crippen molar-refractivity contribution in [1.82, 2.24) is 14.8 Å². The minimum atomic E-state index is -0.620. The predicted molar refractivity (Wildman–Crippen MR) is 107 cm³/mol. The van der Waals surface area contributed by atoms with Crippen LogP contribution in [0.2, 0.25) is 0 Å². The van der Waals surface area contributed by atoms with Gasteiger partial charge in [0, 0.05) is 11.3 Å². The van der Waals surface area contributed by atoms with Crippen molar-refractivity contribution in [3.8, 4) is 17.1 Å². The molecule has 0 N–H and O–H groups in total. The number of nitrogens with zero attached hydrogens (tertiary/aromatic N) is 4. The van der Waals surface area contributed by atoms with Gasteiger partial charge in [0.25, 0.3) is 0 Å². The van der Waals surface area contributed by atoms with E-state index in [2.05, 4.69) is 10.2 Å². The van der Waals surface area contributed by atoms with Gasteiger partial charge in [-0.25, -0.2) is 8.78 Å². The second kappa shape index (κ2) is 8.29. The number of rotatable bonds is 6. The summed E-state index contributed by atoms with van der Waals surface area (Å²) in [6.07, 6.45) is 1.55. The van der Waals surface area contributed by atoms with Crippen molar-refractivity contribution in [3.05, 3.63) is 93.6 Å². The average Bonchev–Trinajstić information content (AvgIpc) is 3.37. The number of nitro groups is 1. The van der Waals surface area contributed by atoms with Crippen LogP contribution in [-0.2, 0) is 0 Å². The second-order valence-electron chi connectivity index (χ2n) is 5.98. The molecule has 0 atom stereocenters. The zero-order valence-corrected chi connectivity index (χ0v) is 15.9. The summed E-state index contributed by atoms with van der Waals surface area (Å²) in [7, 11) is 0. The number of furan rings is 1. The molecule has 0 saturated heterocycles. The Morgan fingerprint density at radius 2 is 1.63 bits per heavy atom. The van der Waals surface area contributed by atoms with Gasteiger partial charge in [-0.05, 0) is 66.1 Å². The van der Waals surface area contributed by atoms with Gasteiger partial charge in [0.1, 0.15) is 22.3 Å². The molecule has 4 aromatic rings. The zero-order chi connectivity index (χ0) is 21.1. The number of hydrogen-bond donors (Lipinski definition) is 0. The van der Waals surface area contributed by atoms with Gasteiger partial charge in [-0.3, -0.25) is 14.7 Å². The second-order valence-corrected chi connectivity index (χ2v) is 6.85. The number of benzene rings is 2. The molecule has 7 nitrogen and oxygen atoms in total. The predicted octanol–water partition coefficient (Wildman–Crippen LogP) is 5.48. The van der Waals surface area contributed by atoms with Crippen molar-refractivity contribution in [2.45, 2.75) is 5.16 Å². The standard InChI is InChI=1S/C20H12F2N4O3S/c21-14-3-1-13(2-4-14)19-23-24-20(25(19)16-7-5-15(22)6-8-16)30-12-11-17-9-10-18(29-17)26(27)28/h1-12H/b12-11+. The van der Waals surface area contributed by atoms with Crippen LogP contribution >= 0.6 is 11.8 Å². The van der Waals surface area contributed by atoms with Crippen LogP contribution in [-0.4, -0.2) is 19.7 Å². The number of aromatic nitrogens is 3. The number of hydrogen-bond acceptors (Lipinski definition) is 6. The van der Waals surface area contributed by atoms with E-state index in [-0.39, 0.29) is 17.5 Å². The van der Waals surface area contributed by atoms with Crippen molar-refractivity contribution in [3.63, 3.8) is 0 Å². The van der Waals surface area contributed by atoms with E-state index in [9.17, 15) is 18.9 Å². The van der Waals surface area contributed by atoms with Gasteiger partial charge in [0.15, 0.2) is 11.0 Å². The van der Waals surface area contributed by atoms with Crippen LogP contribution < -0.4 is 0 Å². The summed E-state index contributed by atoms with van der Waals surface area (Å²) < 4.78 is 33.5. The van der Waals surface area contributed by atoms with Crippen molar-refractivity contribution in [2.24, 2.45) is 0 Å². The maximum Gasteiger partial charge on any atom is 0.433 e. The highest BCUT2D eigenvalue weighted by Crippen LogP contribution is 2.29. The SMILES string of the molecule is O=[N+]([O-])c1ccc(/C=C/Sc2nnc(-c3ccc(F)cc3)n2-c2ccc(F)cc2)o1. The quantitative estimate of drug-likeness (QED) is 0.231. The smallest absolute Gasteiger partial charge is 0.401 e. The third kappa shape index (κ3) is 4.13. The molecule has 2 aromatic carbocycles. The summed E-state index contributed by atoms with van der Waals surface area (Å²) in [5.41, 5.74) is 1.25. The van der Waals surface area contributed by atoms with Gasteiger partial charge in [0.2, 0.25) is 0 Å². The van der Waals surface area contributed by atoms with Gasteiger partial charge < -0.3 is 4.42 Å². The highest BCUT2D eigenvalue weighted by atomic mass is 32.2. The summed E-state index contributed by atoms with van der Waals surface area (Å²) in [4.78, 5) is 10.1. The van der Waals surface area contributed by atoms with Crippen LogP contribution in [0.3, 0.4) is 0 Å². The Bertz CT molecular complexity index is 1220. The Hall–Kier alpha value is -3.79. The molecule has 2 aromatic heterocycles. The molecule has 0 unspecified atom stereocenters. The van der Waals surface area contributed by atoms with Gasteiger partial charge in [0.05, 0.1) is 6.07 Å². The molecule has 0 fully saturated rings. The molecule has 4 rings (SSSR count). The Kier molecular flexibility index (Phi) is 5.40. The molecule has 0 bridgehead atoms. The monoisotopic (exact) mass is 426 g/mol. The molecule has 0 amide bonds. The normalized spacial score (nSPS) is 11.3. The fourth-order valence-corrected chi connectivity index (χ4v) is 3.36. The van der Waals surface area contributed by atoms with Crippen molar-refractivity contribution in [2.75, 3.05) is 0 Å². The average molecular weight is 426 g/mol. The topological polar surface area (TPSA) is 87.0 Å². The van der Waals surface area contributed by atoms with E-state index in [0.717, 1.165) is 0 Å². The Morgan fingerprint density at radius 1 is 0.967 bits per heavy atom. The third-order valence-corrected chi connectivity index (χ3v) is 4.77. The fourth-order valence-electron chi connectivity index (χ4n) is 2.65. The van der Waals surface area contributed by atoms with Gasteiger partial charge in [-0.1, -0.05) is 11.8 Å². The molecule has 2 heterocycles. The first-order chi connectivity index (χ1) is 14.5. The van der Waals surface area contributed by atoms with E-state index >= 15 is 0 Å². The molecule has 0 saturated carbocycles. The summed E-state index contributed by atoms with van der Waals surface area (Å²) in [5.74, 6) is -0.361. The van der Waals surface area contributed by atoms with Crippen molar-refractivity contribution >= 4 is 23.7 Å². The molecule has 10 heteroatoms. The molecule has 0 radical (unpaired) electrons. The van der Waals surface area contributed by atoms with E-state index in [1.165, 1.54) is 48.2 Å². The summed E-state index contributed by atoms with van der Waals surface area (Å²) in [6.45, 7) is 0. The van der Waals surface area contributed by atoms with E-state index in [4.69, 9.17) is 4.42 Å².